The zero-order chi connectivity index (χ0) is 30.7. The van der Waals surface area contributed by atoms with Crippen LogP contribution in [0.3, 0.4) is 0 Å². The lowest BCUT2D eigenvalue weighted by Gasteiger charge is -2.42. The van der Waals surface area contributed by atoms with Crippen molar-refractivity contribution in [1.29, 1.82) is 0 Å². The standard InChI is InChI=1S/C34H48O9/c1-6-7-8-9-21-13-26(32-24-12-20(2)10-11-25(24)34(3,4)43-27(32)14-21)40-31-17-28(33(37)29(19-36)42-31)41-30-16-22(38-5)15-23(18-35)39-30/h10-14,22-23,28-31,33,35-37H,6-9,15-19H2,1-5H3/t22-,23-,28+,29+,30-,31+,33-/m0/s1. The lowest BCUT2D eigenvalue weighted by Crippen LogP contribution is -2.54. The summed E-state index contributed by atoms with van der Waals surface area (Å²) in [6.45, 7) is 7.87. The van der Waals surface area contributed by atoms with Crippen molar-refractivity contribution in [3.63, 3.8) is 0 Å². The number of ether oxygens (including phenoxy) is 6. The Hall–Kier alpha value is -2.24. The van der Waals surface area contributed by atoms with Crippen molar-refractivity contribution in [2.75, 3.05) is 20.3 Å². The van der Waals surface area contributed by atoms with E-state index in [1.54, 1.807) is 7.11 Å². The predicted molar refractivity (Wildman–Crippen MR) is 161 cm³/mol. The third kappa shape index (κ3) is 7.20. The number of aliphatic hydroxyl groups excluding tert-OH is 3. The van der Waals surface area contributed by atoms with Gasteiger partial charge in [0, 0.05) is 31.9 Å². The van der Waals surface area contributed by atoms with Gasteiger partial charge in [0.25, 0.3) is 0 Å². The number of unbranched alkanes of at least 4 members (excludes halogenated alkanes) is 2. The van der Waals surface area contributed by atoms with E-state index < -0.39 is 49.2 Å². The van der Waals surface area contributed by atoms with E-state index in [1.165, 1.54) is 0 Å². The summed E-state index contributed by atoms with van der Waals surface area (Å²) in [6.07, 6.45) is 0.658. The zero-order valence-corrected chi connectivity index (χ0v) is 26.1. The molecule has 3 aliphatic heterocycles. The van der Waals surface area contributed by atoms with E-state index in [1.807, 2.05) is 0 Å². The molecule has 238 valence electrons. The van der Waals surface area contributed by atoms with Crippen LogP contribution in [0, 0.1) is 6.92 Å². The Morgan fingerprint density at radius 1 is 0.977 bits per heavy atom. The summed E-state index contributed by atoms with van der Waals surface area (Å²) in [4.78, 5) is 0. The van der Waals surface area contributed by atoms with E-state index >= 15 is 0 Å². The first kappa shape index (κ1) is 32.2. The number of benzene rings is 2. The molecule has 3 N–H and O–H groups in total. The van der Waals surface area contributed by atoms with Crippen molar-refractivity contribution in [3.8, 4) is 22.6 Å². The number of aryl methyl sites for hydroxylation is 2. The van der Waals surface area contributed by atoms with Crippen LogP contribution in [0.5, 0.6) is 11.5 Å². The second-order valence-corrected chi connectivity index (χ2v) is 12.6. The smallest absolute Gasteiger partial charge is 0.202 e. The van der Waals surface area contributed by atoms with Crippen LogP contribution in [0.2, 0.25) is 0 Å². The van der Waals surface area contributed by atoms with Crippen LogP contribution in [-0.2, 0) is 31.0 Å². The molecule has 0 spiro atoms. The fraction of sp³-hybridized carbons (Fsp3) is 0.647. The summed E-state index contributed by atoms with van der Waals surface area (Å²) in [5.41, 5.74) is 4.73. The summed E-state index contributed by atoms with van der Waals surface area (Å²) >= 11 is 0. The van der Waals surface area contributed by atoms with E-state index in [-0.39, 0.29) is 19.1 Å². The van der Waals surface area contributed by atoms with Crippen LogP contribution in [0.4, 0.5) is 0 Å². The molecule has 2 fully saturated rings. The van der Waals surface area contributed by atoms with Gasteiger partial charge in [-0.15, -0.1) is 0 Å². The molecule has 5 rings (SSSR count). The molecule has 0 amide bonds. The third-order valence-corrected chi connectivity index (χ3v) is 8.79. The molecule has 3 aliphatic rings. The normalized spacial score (nSPS) is 29.8. The second kappa shape index (κ2) is 13.8. The maximum absolute atomic E-state index is 11.0. The molecule has 0 saturated carbocycles. The number of rotatable bonds is 11. The molecule has 2 saturated heterocycles. The van der Waals surface area contributed by atoms with Crippen LogP contribution >= 0.6 is 0 Å². The summed E-state index contributed by atoms with van der Waals surface area (Å²) in [6, 6.07) is 10.6. The molecule has 2 aromatic rings. The fourth-order valence-corrected chi connectivity index (χ4v) is 6.45. The monoisotopic (exact) mass is 600 g/mol. The fourth-order valence-electron chi connectivity index (χ4n) is 6.45. The van der Waals surface area contributed by atoms with E-state index in [0.717, 1.165) is 59.3 Å². The van der Waals surface area contributed by atoms with Gasteiger partial charge in [-0.05, 0) is 56.9 Å². The Labute approximate surface area is 255 Å². The lowest BCUT2D eigenvalue weighted by molar-refractivity contribution is -0.294. The van der Waals surface area contributed by atoms with Crippen molar-refractivity contribution in [2.45, 2.75) is 121 Å². The van der Waals surface area contributed by atoms with Gasteiger partial charge in [-0.1, -0.05) is 43.5 Å². The van der Waals surface area contributed by atoms with Gasteiger partial charge in [-0.2, -0.15) is 0 Å². The molecule has 9 nitrogen and oxygen atoms in total. The topological polar surface area (TPSA) is 116 Å². The van der Waals surface area contributed by atoms with Crippen LogP contribution < -0.4 is 9.47 Å². The first-order valence-corrected chi connectivity index (χ1v) is 15.7. The van der Waals surface area contributed by atoms with Crippen molar-refractivity contribution >= 4 is 0 Å². The SMILES string of the molecule is CCCCCc1cc(O[C@H]2C[C@@H](O[C@H]3C[C@@H](OC)C[C@@H](CO)O3)[C@H](O)[C@@H](CO)O2)c2c(c1)OC(C)(C)c1ccc(C)cc1-2. The maximum Gasteiger partial charge on any atom is 0.202 e. The Bertz CT molecular complexity index is 1220. The molecular formula is C34H48O9. The largest absolute Gasteiger partial charge is 0.482 e. The predicted octanol–water partition coefficient (Wildman–Crippen LogP) is 4.77. The number of hydrogen-bond acceptors (Lipinski definition) is 9. The van der Waals surface area contributed by atoms with Gasteiger partial charge in [0.15, 0.2) is 6.29 Å². The van der Waals surface area contributed by atoms with Crippen molar-refractivity contribution < 1.29 is 43.7 Å². The van der Waals surface area contributed by atoms with Gasteiger partial charge < -0.3 is 43.7 Å². The highest BCUT2D eigenvalue weighted by Gasteiger charge is 2.43. The molecule has 43 heavy (non-hydrogen) atoms. The van der Waals surface area contributed by atoms with Crippen molar-refractivity contribution in [2.24, 2.45) is 0 Å². The first-order valence-electron chi connectivity index (χ1n) is 15.7. The summed E-state index contributed by atoms with van der Waals surface area (Å²) < 4.78 is 37.0. The van der Waals surface area contributed by atoms with Gasteiger partial charge in [0.1, 0.15) is 29.3 Å². The van der Waals surface area contributed by atoms with Gasteiger partial charge in [0.2, 0.25) is 6.29 Å². The minimum absolute atomic E-state index is 0.136. The number of methoxy groups -OCH3 is 1. The molecule has 0 radical (unpaired) electrons. The van der Waals surface area contributed by atoms with Crippen LogP contribution in [0.1, 0.15) is 76.0 Å². The molecule has 2 aromatic carbocycles. The Morgan fingerprint density at radius 2 is 1.79 bits per heavy atom. The average Bonchev–Trinajstić information content (AvgIpc) is 2.97. The van der Waals surface area contributed by atoms with E-state index in [4.69, 9.17) is 28.4 Å². The molecule has 3 heterocycles. The zero-order valence-electron chi connectivity index (χ0n) is 26.1. The first-order chi connectivity index (χ1) is 20.6. The third-order valence-electron chi connectivity index (χ3n) is 8.79. The summed E-state index contributed by atoms with van der Waals surface area (Å²) in [5.74, 6) is 1.41. The molecule has 7 atom stereocenters. The van der Waals surface area contributed by atoms with Crippen LogP contribution in [0.25, 0.3) is 11.1 Å². The Balaban J connectivity index is 1.45. The summed E-state index contributed by atoms with van der Waals surface area (Å²) in [5, 5.41) is 30.9. The second-order valence-electron chi connectivity index (χ2n) is 12.6. The molecule has 0 aliphatic carbocycles. The Kier molecular flexibility index (Phi) is 10.3. The number of hydrogen-bond donors (Lipinski definition) is 3. The highest BCUT2D eigenvalue weighted by atomic mass is 16.7. The minimum Gasteiger partial charge on any atom is -0.482 e. The molecule has 0 unspecified atom stereocenters. The van der Waals surface area contributed by atoms with Gasteiger partial charge in [0.05, 0.1) is 37.1 Å². The van der Waals surface area contributed by atoms with Crippen LogP contribution in [0.15, 0.2) is 30.3 Å². The minimum atomic E-state index is -1.09. The van der Waals surface area contributed by atoms with Crippen molar-refractivity contribution in [1.82, 2.24) is 0 Å². The molecule has 9 heteroatoms. The maximum atomic E-state index is 11.0. The highest BCUT2D eigenvalue weighted by molar-refractivity contribution is 5.82. The molecular weight excluding hydrogens is 552 g/mol. The quantitative estimate of drug-likeness (QED) is 0.314. The lowest BCUT2D eigenvalue weighted by atomic mass is 9.84. The number of aliphatic hydroxyl groups is 3. The van der Waals surface area contributed by atoms with Gasteiger partial charge in [-0.25, -0.2) is 0 Å². The van der Waals surface area contributed by atoms with Gasteiger partial charge >= 0.3 is 0 Å². The Morgan fingerprint density at radius 3 is 2.51 bits per heavy atom. The highest BCUT2D eigenvalue weighted by Crippen LogP contribution is 2.50. The summed E-state index contributed by atoms with van der Waals surface area (Å²) in [7, 11) is 1.62. The van der Waals surface area contributed by atoms with Crippen molar-refractivity contribution in [3.05, 3.63) is 47.0 Å². The van der Waals surface area contributed by atoms with E-state index in [0.29, 0.717) is 18.6 Å². The van der Waals surface area contributed by atoms with Gasteiger partial charge in [-0.3, -0.25) is 0 Å². The van der Waals surface area contributed by atoms with E-state index in [2.05, 4.69) is 58.0 Å². The molecule has 0 bridgehead atoms. The number of fused-ring (bicyclic) bond motifs is 3. The molecule has 0 aromatic heterocycles. The van der Waals surface area contributed by atoms with Crippen LogP contribution in [-0.4, -0.2) is 78.7 Å². The van der Waals surface area contributed by atoms with E-state index in [9.17, 15) is 15.3 Å². The average molecular weight is 601 g/mol.